The number of rotatable bonds is 4. The molecule has 0 unspecified atom stereocenters. The smallest absolute Gasteiger partial charge is 0.334 e. The number of thioether (sulfide) groups is 1. The zero-order valence-corrected chi connectivity index (χ0v) is 19.3. The summed E-state index contributed by atoms with van der Waals surface area (Å²) in [6, 6.07) is 7.19. The van der Waals surface area contributed by atoms with E-state index in [1.165, 1.54) is 30.3 Å². The van der Waals surface area contributed by atoms with Crippen molar-refractivity contribution >= 4 is 56.8 Å². The summed E-state index contributed by atoms with van der Waals surface area (Å²) in [7, 11) is 0. The molecule has 172 valence electrons. The third kappa shape index (κ3) is 4.29. The zero-order chi connectivity index (χ0) is 24.1. The predicted octanol–water partition coefficient (Wildman–Crippen LogP) is 4.89. The molecule has 2 aromatic carbocycles. The minimum absolute atomic E-state index is 0.0633. The van der Waals surface area contributed by atoms with Gasteiger partial charge in [0.25, 0.3) is 5.91 Å². The molecular weight excluding hydrogens is 500 g/mol. The summed E-state index contributed by atoms with van der Waals surface area (Å²) in [4.78, 5) is 39.5. The number of benzene rings is 2. The number of hydrogen-bond acceptors (Lipinski definition) is 5. The number of carbonyl (C=O) groups is 3. The molecule has 2 heterocycles. The molecule has 0 saturated carbocycles. The first-order valence-corrected chi connectivity index (χ1v) is 11.2. The summed E-state index contributed by atoms with van der Waals surface area (Å²) in [6.45, 7) is 1.09. The third-order valence-corrected chi connectivity index (χ3v) is 7.03. The molecule has 2 aliphatic heterocycles. The van der Waals surface area contributed by atoms with Crippen LogP contribution in [0, 0.1) is 6.92 Å². The molecule has 0 aromatic heterocycles. The van der Waals surface area contributed by atoms with Crippen molar-refractivity contribution in [2.75, 3.05) is 6.54 Å². The summed E-state index contributed by atoms with van der Waals surface area (Å²) in [6.07, 6.45) is -5.03. The van der Waals surface area contributed by atoms with Gasteiger partial charge in [-0.2, -0.15) is 13.2 Å². The van der Waals surface area contributed by atoms with Crippen molar-refractivity contribution in [3.63, 3.8) is 0 Å². The van der Waals surface area contributed by atoms with Crippen molar-refractivity contribution < 1.29 is 27.6 Å². The van der Waals surface area contributed by atoms with Crippen LogP contribution in [0.2, 0.25) is 10.0 Å². The number of aryl methyl sites for hydroxylation is 1. The predicted molar refractivity (Wildman–Crippen MR) is 120 cm³/mol. The van der Waals surface area contributed by atoms with Gasteiger partial charge in [-0.3, -0.25) is 19.4 Å². The lowest BCUT2D eigenvalue weighted by Gasteiger charge is -2.31. The Morgan fingerprint density at radius 1 is 1.12 bits per heavy atom. The van der Waals surface area contributed by atoms with Crippen LogP contribution in [-0.4, -0.2) is 40.6 Å². The fraction of sp³-hybridized carbons (Fsp3) is 0.273. The van der Waals surface area contributed by atoms with Gasteiger partial charge in [0.05, 0.1) is 6.54 Å². The van der Waals surface area contributed by atoms with Crippen molar-refractivity contribution in [3.8, 4) is 0 Å². The monoisotopic (exact) mass is 514 g/mol. The highest BCUT2D eigenvalue weighted by atomic mass is 35.5. The summed E-state index contributed by atoms with van der Waals surface area (Å²) in [5, 5.41) is 1.69. The molecule has 0 spiro atoms. The van der Waals surface area contributed by atoms with E-state index in [-0.39, 0.29) is 26.9 Å². The van der Waals surface area contributed by atoms with Crippen LogP contribution in [0.15, 0.2) is 41.4 Å². The molecule has 11 heteroatoms. The average Bonchev–Trinajstić information content (AvgIpc) is 3.18. The molecule has 1 N–H and O–H groups in total. The van der Waals surface area contributed by atoms with Gasteiger partial charge in [0.1, 0.15) is 5.41 Å². The van der Waals surface area contributed by atoms with Crippen LogP contribution in [-0.2, 0) is 15.0 Å². The molecule has 0 aliphatic carbocycles. The SMILES string of the molecule is Cc1cc(C2=NC[C@@](c3cc(Cl)cc(Cl)c3)(C(F)(F)F)C2)ccc1C(=O)NC1C(=O)SC1=O. The van der Waals surface area contributed by atoms with Crippen LogP contribution >= 0.6 is 35.0 Å². The van der Waals surface area contributed by atoms with Gasteiger partial charge in [0.2, 0.25) is 10.2 Å². The van der Waals surface area contributed by atoms with Crippen molar-refractivity contribution in [2.45, 2.75) is 31.0 Å². The van der Waals surface area contributed by atoms with E-state index in [0.717, 1.165) is 0 Å². The second-order valence-corrected chi connectivity index (χ2v) is 9.74. The van der Waals surface area contributed by atoms with E-state index in [2.05, 4.69) is 10.3 Å². The number of alkyl halides is 3. The normalized spacial score (nSPS) is 21.1. The molecule has 0 bridgehead atoms. The molecule has 1 amide bonds. The van der Waals surface area contributed by atoms with E-state index in [0.29, 0.717) is 22.9 Å². The quantitative estimate of drug-likeness (QED) is 0.589. The third-order valence-electron chi connectivity index (χ3n) is 5.72. The Hall–Kier alpha value is -2.36. The fourth-order valence-corrected chi connectivity index (χ4v) is 4.98. The first kappa shape index (κ1) is 23.8. The van der Waals surface area contributed by atoms with Crippen molar-refractivity contribution in [1.29, 1.82) is 0 Å². The average molecular weight is 515 g/mol. The number of nitrogens with one attached hydrogen (secondary N) is 1. The molecule has 2 aliphatic rings. The van der Waals surface area contributed by atoms with Crippen molar-refractivity contribution in [3.05, 3.63) is 68.7 Å². The van der Waals surface area contributed by atoms with Crippen LogP contribution in [0.25, 0.3) is 0 Å². The van der Waals surface area contributed by atoms with Crippen molar-refractivity contribution in [1.82, 2.24) is 5.32 Å². The van der Waals surface area contributed by atoms with E-state index in [9.17, 15) is 27.6 Å². The highest BCUT2D eigenvalue weighted by molar-refractivity contribution is 8.29. The fourth-order valence-electron chi connectivity index (χ4n) is 3.88. The molecule has 2 aromatic rings. The summed E-state index contributed by atoms with van der Waals surface area (Å²) in [5.41, 5.74) is -0.988. The minimum Gasteiger partial charge on any atom is -0.334 e. The van der Waals surface area contributed by atoms with Crippen LogP contribution in [0.5, 0.6) is 0 Å². The maximum Gasteiger partial charge on any atom is 0.400 e. The molecule has 4 rings (SSSR count). The van der Waals surface area contributed by atoms with E-state index < -0.39 is 46.7 Å². The van der Waals surface area contributed by atoms with Gasteiger partial charge < -0.3 is 5.32 Å². The van der Waals surface area contributed by atoms with Gasteiger partial charge in [-0.05, 0) is 65.7 Å². The van der Waals surface area contributed by atoms with Crippen LogP contribution in [0.3, 0.4) is 0 Å². The summed E-state index contributed by atoms with van der Waals surface area (Å²) >= 11 is 12.5. The Labute approximate surface area is 200 Å². The van der Waals surface area contributed by atoms with E-state index in [1.807, 2.05) is 0 Å². The summed E-state index contributed by atoms with van der Waals surface area (Å²) < 4.78 is 42.8. The molecule has 33 heavy (non-hydrogen) atoms. The molecule has 0 radical (unpaired) electrons. The number of nitrogens with zero attached hydrogens (tertiary/aromatic N) is 1. The molecule has 1 saturated heterocycles. The number of halogens is 5. The lowest BCUT2D eigenvalue weighted by atomic mass is 9.76. The minimum atomic E-state index is -4.61. The standard InChI is InChI=1S/C22H15Cl2F3N2O3S/c1-10-4-11(2-3-15(10)18(30)29-17-19(31)33-20(17)32)16-8-21(9-28-16,22(25,26)27)12-5-13(23)7-14(24)6-12/h2-7,17H,8-9H2,1H3,(H,29,30)/t21-/m0/s1. The summed E-state index contributed by atoms with van der Waals surface area (Å²) in [5.74, 6) is -0.613. The van der Waals surface area contributed by atoms with Gasteiger partial charge >= 0.3 is 6.18 Å². The lowest BCUT2D eigenvalue weighted by Crippen LogP contribution is -2.51. The van der Waals surface area contributed by atoms with E-state index >= 15 is 0 Å². The first-order chi connectivity index (χ1) is 15.4. The topological polar surface area (TPSA) is 75.6 Å². The molecule has 1 fully saturated rings. The largest absolute Gasteiger partial charge is 0.400 e. The number of aliphatic imine (C=N–C) groups is 1. The zero-order valence-electron chi connectivity index (χ0n) is 16.9. The van der Waals surface area contributed by atoms with Gasteiger partial charge in [-0.1, -0.05) is 29.3 Å². The van der Waals surface area contributed by atoms with E-state index in [1.54, 1.807) is 13.0 Å². The Morgan fingerprint density at radius 3 is 2.30 bits per heavy atom. The Bertz CT molecular complexity index is 1200. The van der Waals surface area contributed by atoms with Crippen LogP contribution in [0.1, 0.15) is 33.5 Å². The lowest BCUT2D eigenvalue weighted by molar-refractivity contribution is -0.183. The Balaban J connectivity index is 1.60. The highest BCUT2D eigenvalue weighted by Gasteiger charge is 2.58. The van der Waals surface area contributed by atoms with Gasteiger partial charge in [0.15, 0.2) is 6.04 Å². The first-order valence-electron chi connectivity index (χ1n) is 9.65. The Morgan fingerprint density at radius 2 is 1.76 bits per heavy atom. The Kier molecular flexibility index (Phi) is 6.09. The van der Waals surface area contributed by atoms with E-state index in [4.69, 9.17) is 23.2 Å². The molecule has 5 nitrogen and oxygen atoms in total. The molecule has 1 atom stereocenters. The van der Waals surface area contributed by atoms with Gasteiger partial charge in [-0.25, -0.2) is 0 Å². The van der Waals surface area contributed by atoms with Crippen LogP contribution in [0.4, 0.5) is 13.2 Å². The van der Waals surface area contributed by atoms with Crippen LogP contribution < -0.4 is 5.32 Å². The second-order valence-electron chi connectivity index (χ2n) is 7.85. The van der Waals surface area contributed by atoms with Crippen molar-refractivity contribution in [2.24, 2.45) is 4.99 Å². The number of amides is 1. The maximum atomic E-state index is 14.3. The highest BCUT2D eigenvalue weighted by Crippen LogP contribution is 2.48. The second kappa shape index (κ2) is 8.45. The number of carbonyl (C=O) groups excluding carboxylic acids is 3. The van der Waals surface area contributed by atoms with Gasteiger partial charge in [-0.15, -0.1) is 0 Å². The van der Waals surface area contributed by atoms with Gasteiger partial charge in [0, 0.05) is 27.7 Å². The number of hydrogen-bond donors (Lipinski definition) is 1. The maximum absolute atomic E-state index is 14.3. The molecular formula is C22H15Cl2F3N2O3S.